The number of halogens is 1. The number of aromatic nitrogens is 3. The quantitative estimate of drug-likeness (QED) is 0.447. The Labute approximate surface area is 181 Å². The predicted molar refractivity (Wildman–Crippen MR) is 123 cm³/mol. The third kappa shape index (κ3) is 3.43. The molecule has 1 N–H and O–H groups in total. The number of nitrogens with zero attached hydrogens (tertiary/aromatic N) is 3. The van der Waals surface area contributed by atoms with Crippen LogP contribution < -0.4 is 21.5 Å². The van der Waals surface area contributed by atoms with Crippen LogP contribution in [0.15, 0.2) is 88.5 Å². The molecule has 31 heavy (non-hydrogen) atoms. The average molecular weight is 427 g/mol. The number of nitrogens with one attached hydrogen (secondary N) is 1. The first kappa shape index (κ1) is 19.0. The summed E-state index contributed by atoms with van der Waals surface area (Å²) in [6.07, 6.45) is 1.55. The lowest BCUT2D eigenvalue weighted by molar-refractivity contribution is 0.874. The lowest BCUT2D eigenvalue weighted by Gasteiger charge is -2.07. The fraction of sp³-hybridized carbons (Fsp3) is 0. The second kappa shape index (κ2) is 7.66. The van der Waals surface area contributed by atoms with Crippen LogP contribution in [0.3, 0.4) is 0 Å². The van der Waals surface area contributed by atoms with Gasteiger partial charge in [0.25, 0.3) is 5.56 Å². The highest BCUT2D eigenvalue weighted by Gasteiger charge is 2.14. The van der Waals surface area contributed by atoms with Crippen molar-refractivity contribution in [2.75, 3.05) is 5.32 Å². The molecule has 0 unspecified atom stereocenters. The molecular formula is C24H15ClN4O2. The molecule has 0 spiro atoms. The Morgan fingerprint density at radius 2 is 1.58 bits per heavy atom. The van der Waals surface area contributed by atoms with Crippen LogP contribution in [0.1, 0.15) is 0 Å². The molecule has 0 aliphatic carbocycles. The van der Waals surface area contributed by atoms with E-state index in [0.717, 1.165) is 5.69 Å². The lowest BCUT2D eigenvalue weighted by Crippen LogP contribution is -2.36. The molecule has 0 saturated carbocycles. The molecule has 5 rings (SSSR count). The van der Waals surface area contributed by atoms with E-state index in [-0.39, 0.29) is 27.5 Å². The normalized spacial score (nSPS) is 11.8. The minimum atomic E-state index is -0.334. The zero-order valence-corrected chi connectivity index (χ0v) is 16.9. The van der Waals surface area contributed by atoms with Crippen molar-refractivity contribution < 1.29 is 0 Å². The summed E-state index contributed by atoms with van der Waals surface area (Å²) in [7, 11) is 0. The average Bonchev–Trinajstić information content (AvgIpc) is 2.80. The molecule has 0 aliphatic heterocycles. The van der Waals surface area contributed by atoms with Crippen LogP contribution in [0.4, 0.5) is 5.69 Å². The maximum Gasteiger partial charge on any atom is 0.282 e. The van der Waals surface area contributed by atoms with Gasteiger partial charge in [-0.1, -0.05) is 54.1 Å². The summed E-state index contributed by atoms with van der Waals surface area (Å²) in [5.41, 5.74) is 1.57. The molecule has 6 nitrogen and oxygen atoms in total. The van der Waals surface area contributed by atoms with E-state index in [0.29, 0.717) is 21.5 Å². The third-order valence-electron chi connectivity index (χ3n) is 4.93. The van der Waals surface area contributed by atoms with E-state index in [2.05, 4.69) is 15.4 Å². The fourth-order valence-electron chi connectivity index (χ4n) is 3.38. The van der Waals surface area contributed by atoms with Gasteiger partial charge in [0.05, 0.1) is 16.1 Å². The van der Waals surface area contributed by atoms with Gasteiger partial charge in [0, 0.05) is 22.5 Å². The Hall–Kier alpha value is -4.03. The van der Waals surface area contributed by atoms with Crippen molar-refractivity contribution in [3.8, 4) is 11.3 Å². The van der Waals surface area contributed by atoms with Crippen molar-refractivity contribution >= 4 is 40.0 Å². The first-order chi connectivity index (χ1) is 15.1. The van der Waals surface area contributed by atoms with Gasteiger partial charge >= 0.3 is 0 Å². The number of fused-ring (bicyclic) bond motifs is 2. The number of para-hydroxylation sites is 1. The fourth-order valence-corrected chi connectivity index (χ4v) is 3.51. The van der Waals surface area contributed by atoms with Gasteiger partial charge in [0.2, 0.25) is 5.43 Å². The summed E-state index contributed by atoms with van der Waals surface area (Å²) < 4.78 is 1.20. The van der Waals surface area contributed by atoms with Crippen LogP contribution in [0.5, 0.6) is 0 Å². The standard InChI is InChI=1S/C24H15ClN4O2/c25-16-10-12-17(13-11-16)26-14-19-22(30)21(15-6-2-1-3-7-15)28-29-23(19)27-20-9-5-4-8-18(20)24(29)31/h1-14,26H/b19-14-. The van der Waals surface area contributed by atoms with Crippen LogP contribution in [-0.4, -0.2) is 14.6 Å². The molecule has 0 radical (unpaired) electrons. The van der Waals surface area contributed by atoms with E-state index >= 15 is 0 Å². The monoisotopic (exact) mass is 426 g/mol. The van der Waals surface area contributed by atoms with Gasteiger partial charge in [0.1, 0.15) is 5.69 Å². The summed E-state index contributed by atoms with van der Waals surface area (Å²) in [6.45, 7) is 0. The van der Waals surface area contributed by atoms with Crippen molar-refractivity contribution in [3.63, 3.8) is 0 Å². The number of hydrogen-bond acceptors (Lipinski definition) is 5. The second-order valence-corrected chi connectivity index (χ2v) is 7.36. The smallest absolute Gasteiger partial charge is 0.282 e. The highest BCUT2D eigenvalue weighted by molar-refractivity contribution is 6.30. The van der Waals surface area contributed by atoms with E-state index in [4.69, 9.17) is 11.6 Å². The molecule has 5 aromatic rings. The first-order valence-electron chi connectivity index (χ1n) is 9.55. The van der Waals surface area contributed by atoms with Gasteiger partial charge in [-0.2, -0.15) is 9.61 Å². The number of anilines is 1. The van der Waals surface area contributed by atoms with Crippen LogP contribution >= 0.6 is 11.6 Å². The number of hydrogen-bond donors (Lipinski definition) is 1. The Bertz CT molecular complexity index is 1600. The summed E-state index contributed by atoms with van der Waals surface area (Å²) in [6, 6.07) is 23.1. The zero-order chi connectivity index (χ0) is 21.4. The van der Waals surface area contributed by atoms with E-state index in [1.807, 2.05) is 18.2 Å². The van der Waals surface area contributed by atoms with E-state index in [1.54, 1.807) is 66.9 Å². The van der Waals surface area contributed by atoms with Gasteiger partial charge in [-0.3, -0.25) is 9.59 Å². The van der Waals surface area contributed by atoms with Crippen LogP contribution in [0, 0.1) is 0 Å². The molecule has 0 bridgehead atoms. The Kier molecular flexibility index (Phi) is 4.69. The summed E-state index contributed by atoms with van der Waals surface area (Å²) in [5, 5.41) is 8.77. The zero-order valence-electron chi connectivity index (χ0n) is 16.1. The van der Waals surface area contributed by atoms with E-state index < -0.39 is 0 Å². The maximum absolute atomic E-state index is 13.4. The molecule has 2 aromatic heterocycles. The Balaban J connectivity index is 1.85. The maximum atomic E-state index is 13.4. The number of benzene rings is 3. The molecule has 0 atom stereocenters. The first-order valence-corrected chi connectivity index (χ1v) is 9.93. The molecule has 0 fully saturated rings. The molecule has 150 valence electrons. The van der Waals surface area contributed by atoms with Gasteiger partial charge in [-0.25, -0.2) is 4.98 Å². The van der Waals surface area contributed by atoms with Gasteiger partial charge in [-0.05, 0) is 36.4 Å². The molecule has 7 heteroatoms. The minimum absolute atomic E-state index is 0.177. The van der Waals surface area contributed by atoms with Crippen LogP contribution in [0.25, 0.3) is 34.0 Å². The van der Waals surface area contributed by atoms with Crippen molar-refractivity contribution in [3.05, 3.63) is 110 Å². The molecule has 0 aliphatic rings. The molecule has 0 amide bonds. The van der Waals surface area contributed by atoms with E-state index in [9.17, 15) is 9.59 Å². The van der Waals surface area contributed by atoms with Gasteiger partial charge in [0.15, 0.2) is 5.65 Å². The largest absolute Gasteiger partial charge is 0.361 e. The van der Waals surface area contributed by atoms with Gasteiger partial charge < -0.3 is 5.32 Å². The second-order valence-electron chi connectivity index (χ2n) is 6.92. The van der Waals surface area contributed by atoms with Crippen LogP contribution in [0.2, 0.25) is 5.02 Å². The number of rotatable bonds is 3. The molecule has 2 heterocycles. The topological polar surface area (TPSA) is 76.4 Å². The predicted octanol–water partition coefficient (Wildman–Crippen LogP) is 3.49. The van der Waals surface area contributed by atoms with Crippen LogP contribution in [-0.2, 0) is 0 Å². The summed E-state index contributed by atoms with van der Waals surface area (Å²) >= 11 is 5.95. The SMILES string of the molecule is O=c1c(-c2ccccc2)nn2c(=O)c3ccccc3nc2/c1=C\Nc1ccc(Cl)cc1. The highest BCUT2D eigenvalue weighted by atomic mass is 35.5. The Morgan fingerprint density at radius 1 is 0.871 bits per heavy atom. The summed E-state index contributed by atoms with van der Waals surface area (Å²) in [5.74, 6) is 0. The van der Waals surface area contributed by atoms with Crippen molar-refractivity contribution in [2.45, 2.75) is 0 Å². The summed E-state index contributed by atoms with van der Waals surface area (Å²) in [4.78, 5) is 31.1. The van der Waals surface area contributed by atoms with Crippen molar-refractivity contribution in [1.29, 1.82) is 0 Å². The molecule has 3 aromatic carbocycles. The van der Waals surface area contributed by atoms with E-state index in [1.165, 1.54) is 4.52 Å². The highest BCUT2D eigenvalue weighted by Crippen LogP contribution is 2.14. The Morgan fingerprint density at radius 3 is 2.35 bits per heavy atom. The van der Waals surface area contributed by atoms with Gasteiger partial charge in [-0.15, -0.1) is 0 Å². The lowest BCUT2D eigenvalue weighted by atomic mass is 10.1. The molecular weight excluding hydrogens is 412 g/mol. The van der Waals surface area contributed by atoms with Crippen molar-refractivity contribution in [1.82, 2.24) is 14.6 Å². The van der Waals surface area contributed by atoms with Crippen molar-refractivity contribution in [2.24, 2.45) is 0 Å². The molecule has 0 saturated heterocycles. The third-order valence-corrected chi connectivity index (χ3v) is 5.18. The minimum Gasteiger partial charge on any atom is -0.361 e.